The zero-order valence-electron chi connectivity index (χ0n) is 9.78. The van der Waals surface area contributed by atoms with Crippen molar-refractivity contribution in [3.63, 3.8) is 0 Å². The summed E-state index contributed by atoms with van der Waals surface area (Å²) < 4.78 is 0. The second-order valence-electron chi connectivity index (χ2n) is 3.80. The third kappa shape index (κ3) is 2.79. The summed E-state index contributed by atoms with van der Waals surface area (Å²) in [4.78, 5) is 18.4. The number of nitrogens with one attached hydrogen (secondary N) is 1. The van der Waals surface area contributed by atoms with Crippen LogP contribution in [0.3, 0.4) is 0 Å². The Kier molecular flexibility index (Phi) is 3.47. The minimum Gasteiger partial charge on any atom is -0.377 e. The van der Waals surface area contributed by atoms with Gasteiger partial charge in [-0.2, -0.15) is 0 Å². The van der Waals surface area contributed by atoms with Gasteiger partial charge in [-0.15, -0.1) is 0 Å². The van der Waals surface area contributed by atoms with Crippen molar-refractivity contribution in [1.82, 2.24) is 9.97 Å². The molecule has 1 heterocycles. The number of aromatic nitrogens is 2. The SMILES string of the molecule is CC(Nc1cccc([N+](=O)[O-])c1)c1cnccn1. The van der Waals surface area contributed by atoms with Crippen molar-refractivity contribution in [1.29, 1.82) is 0 Å². The lowest BCUT2D eigenvalue weighted by Gasteiger charge is -2.13. The number of nitrogens with zero attached hydrogens (tertiary/aromatic N) is 3. The van der Waals surface area contributed by atoms with Crippen molar-refractivity contribution in [3.8, 4) is 0 Å². The smallest absolute Gasteiger partial charge is 0.271 e. The van der Waals surface area contributed by atoms with Crippen LogP contribution in [0.25, 0.3) is 0 Å². The molecule has 2 aromatic rings. The molecular weight excluding hydrogens is 232 g/mol. The molecule has 6 nitrogen and oxygen atoms in total. The molecule has 1 atom stereocenters. The van der Waals surface area contributed by atoms with Gasteiger partial charge in [-0.3, -0.25) is 20.1 Å². The van der Waals surface area contributed by atoms with Gasteiger partial charge < -0.3 is 5.32 Å². The Morgan fingerprint density at radius 3 is 2.89 bits per heavy atom. The number of nitro benzene ring substituents is 1. The third-order valence-electron chi connectivity index (χ3n) is 2.47. The molecule has 0 aliphatic heterocycles. The Labute approximate surface area is 104 Å². The van der Waals surface area contributed by atoms with E-state index >= 15 is 0 Å². The Morgan fingerprint density at radius 1 is 1.39 bits per heavy atom. The van der Waals surface area contributed by atoms with Gasteiger partial charge in [-0.25, -0.2) is 0 Å². The van der Waals surface area contributed by atoms with Gasteiger partial charge in [0.25, 0.3) is 5.69 Å². The Balaban J connectivity index is 2.14. The first kappa shape index (κ1) is 12.0. The van der Waals surface area contributed by atoms with Crippen LogP contribution in [0, 0.1) is 10.1 Å². The van der Waals surface area contributed by atoms with Gasteiger partial charge in [0.15, 0.2) is 0 Å². The van der Waals surface area contributed by atoms with Gasteiger partial charge in [-0.05, 0) is 13.0 Å². The minimum atomic E-state index is -0.418. The fourth-order valence-electron chi connectivity index (χ4n) is 1.57. The second-order valence-corrected chi connectivity index (χ2v) is 3.80. The summed E-state index contributed by atoms with van der Waals surface area (Å²) in [5, 5.41) is 13.8. The first-order valence-corrected chi connectivity index (χ1v) is 5.44. The van der Waals surface area contributed by atoms with Crippen LogP contribution in [0.4, 0.5) is 11.4 Å². The summed E-state index contributed by atoms with van der Waals surface area (Å²) in [6.07, 6.45) is 4.87. The van der Waals surface area contributed by atoms with E-state index in [2.05, 4.69) is 15.3 Å². The van der Waals surface area contributed by atoms with Gasteiger partial charge in [-0.1, -0.05) is 6.07 Å². The standard InChI is InChI=1S/C12H12N4O2/c1-9(12-8-13-5-6-14-12)15-10-3-2-4-11(7-10)16(17)18/h2-9,15H,1H3. The van der Waals surface area contributed by atoms with Crippen molar-refractivity contribution in [3.05, 3.63) is 58.7 Å². The maximum atomic E-state index is 10.7. The second kappa shape index (κ2) is 5.22. The molecule has 0 saturated heterocycles. The molecular formula is C12H12N4O2. The molecule has 0 radical (unpaired) electrons. The summed E-state index contributed by atoms with van der Waals surface area (Å²) in [6.45, 7) is 1.92. The van der Waals surface area contributed by atoms with Crippen molar-refractivity contribution >= 4 is 11.4 Å². The van der Waals surface area contributed by atoms with Crippen molar-refractivity contribution in [2.24, 2.45) is 0 Å². The molecule has 0 aliphatic rings. The topological polar surface area (TPSA) is 81.0 Å². The zero-order chi connectivity index (χ0) is 13.0. The largest absolute Gasteiger partial charge is 0.377 e. The molecule has 1 aromatic heterocycles. The maximum Gasteiger partial charge on any atom is 0.271 e. The molecule has 6 heteroatoms. The summed E-state index contributed by atoms with van der Waals surface area (Å²) in [7, 11) is 0. The lowest BCUT2D eigenvalue weighted by atomic mass is 10.2. The third-order valence-corrected chi connectivity index (χ3v) is 2.47. The summed E-state index contributed by atoms with van der Waals surface area (Å²) in [6, 6.07) is 6.30. The van der Waals surface area contributed by atoms with E-state index in [0.29, 0.717) is 5.69 Å². The predicted molar refractivity (Wildman–Crippen MR) is 67.2 cm³/mol. The normalized spacial score (nSPS) is 11.8. The van der Waals surface area contributed by atoms with E-state index in [1.54, 1.807) is 30.7 Å². The number of anilines is 1. The van der Waals surface area contributed by atoms with Crippen LogP contribution in [-0.2, 0) is 0 Å². The minimum absolute atomic E-state index is 0.0614. The molecule has 2 rings (SSSR count). The molecule has 1 aromatic carbocycles. The van der Waals surface area contributed by atoms with Gasteiger partial charge in [0.05, 0.1) is 22.9 Å². The van der Waals surface area contributed by atoms with Crippen molar-refractivity contribution in [2.45, 2.75) is 13.0 Å². The van der Waals surface area contributed by atoms with Crippen LogP contribution in [-0.4, -0.2) is 14.9 Å². The van der Waals surface area contributed by atoms with Crippen molar-refractivity contribution < 1.29 is 4.92 Å². The lowest BCUT2D eigenvalue weighted by molar-refractivity contribution is -0.384. The van der Waals surface area contributed by atoms with Gasteiger partial charge >= 0.3 is 0 Å². The summed E-state index contributed by atoms with van der Waals surface area (Å²) in [5.74, 6) is 0. The lowest BCUT2D eigenvalue weighted by Crippen LogP contribution is -2.08. The summed E-state index contributed by atoms with van der Waals surface area (Å²) >= 11 is 0. The van der Waals surface area contributed by atoms with Crippen LogP contribution >= 0.6 is 0 Å². The highest BCUT2D eigenvalue weighted by molar-refractivity contribution is 5.51. The highest BCUT2D eigenvalue weighted by Crippen LogP contribution is 2.21. The Morgan fingerprint density at radius 2 is 2.22 bits per heavy atom. The number of non-ortho nitro benzene ring substituents is 1. The molecule has 0 fully saturated rings. The van der Waals surface area contributed by atoms with E-state index in [1.807, 2.05) is 6.92 Å². The molecule has 92 valence electrons. The zero-order valence-corrected chi connectivity index (χ0v) is 9.78. The van der Waals surface area contributed by atoms with E-state index in [9.17, 15) is 10.1 Å². The first-order valence-electron chi connectivity index (χ1n) is 5.44. The van der Waals surface area contributed by atoms with Gasteiger partial charge in [0, 0.05) is 30.2 Å². The fraction of sp³-hybridized carbons (Fsp3) is 0.167. The molecule has 0 amide bonds. The molecule has 0 bridgehead atoms. The average molecular weight is 244 g/mol. The molecule has 1 unspecified atom stereocenters. The molecule has 1 N–H and O–H groups in total. The van der Waals surface area contributed by atoms with E-state index in [-0.39, 0.29) is 11.7 Å². The van der Waals surface area contributed by atoms with Crippen LogP contribution in [0.5, 0.6) is 0 Å². The van der Waals surface area contributed by atoms with E-state index < -0.39 is 4.92 Å². The van der Waals surface area contributed by atoms with E-state index in [1.165, 1.54) is 12.1 Å². The van der Waals surface area contributed by atoms with Gasteiger partial charge in [0.2, 0.25) is 0 Å². The Bertz CT molecular complexity index is 545. The fourth-order valence-corrected chi connectivity index (χ4v) is 1.57. The summed E-state index contributed by atoms with van der Waals surface area (Å²) in [5.41, 5.74) is 1.53. The van der Waals surface area contributed by atoms with E-state index in [0.717, 1.165) is 5.69 Å². The molecule has 0 aliphatic carbocycles. The van der Waals surface area contributed by atoms with Crippen LogP contribution in [0.2, 0.25) is 0 Å². The number of rotatable bonds is 4. The Hall–Kier alpha value is -2.50. The average Bonchev–Trinajstić information content (AvgIpc) is 2.40. The van der Waals surface area contributed by atoms with E-state index in [4.69, 9.17) is 0 Å². The highest BCUT2D eigenvalue weighted by Gasteiger charge is 2.09. The molecule has 18 heavy (non-hydrogen) atoms. The van der Waals surface area contributed by atoms with Crippen LogP contribution in [0.15, 0.2) is 42.9 Å². The molecule has 0 spiro atoms. The maximum absolute atomic E-state index is 10.7. The first-order chi connectivity index (χ1) is 8.66. The number of benzene rings is 1. The van der Waals surface area contributed by atoms with Crippen LogP contribution < -0.4 is 5.32 Å². The van der Waals surface area contributed by atoms with Crippen molar-refractivity contribution in [2.75, 3.05) is 5.32 Å². The monoisotopic (exact) mass is 244 g/mol. The predicted octanol–water partition coefficient (Wildman–Crippen LogP) is 2.56. The molecule has 0 saturated carbocycles. The quantitative estimate of drug-likeness (QED) is 0.660. The number of nitro groups is 1. The highest BCUT2D eigenvalue weighted by atomic mass is 16.6. The van der Waals surface area contributed by atoms with Crippen LogP contribution in [0.1, 0.15) is 18.7 Å². The van der Waals surface area contributed by atoms with Gasteiger partial charge in [0.1, 0.15) is 0 Å². The number of hydrogen-bond donors (Lipinski definition) is 1. The number of hydrogen-bond acceptors (Lipinski definition) is 5.